The van der Waals surface area contributed by atoms with Gasteiger partial charge in [-0.25, -0.2) is 0 Å². The van der Waals surface area contributed by atoms with Crippen LogP contribution in [0.3, 0.4) is 0 Å². The molecule has 110 valence electrons. The first-order valence-corrected chi connectivity index (χ1v) is 8.64. The topological polar surface area (TPSA) is 24.1 Å². The summed E-state index contributed by atoms with van der Waals surface area (Å²) in [4.78, 5) is 0. The lowest BCUT2D eigenvalue weighted by Crippen LogP contribution is -2.38. The van der Waals surface area contributed by atoms with Gasteiger partial charge in [0, 0.05) is 18.6 Å². The van der Waals surface area contributed by atoms with Gasteiger partial charge in [-0.2, -0.15) is 0 Å². The molecule has 3 atom stereocenters. The van der Waals surface area contributed by atoms with E-state index in [0.29, 0.717) is 5.41 Å². The molecule has 2 saturated heterocycles. The molecule has 0 aromatic heterocycles. The second kappa shape index (κ2) is 5.73. The molecular weight excluding hydrogens is 232 g/mol. The molecule has 1 aliphatic carbocycles. The Kier molecular flexibility index (Phi) is 4.19. The van der Waals surface area contributed by atoms with Gasteiger partial charge in [-0.15, -0.1) is 0 Å². The van der Waals surface area contributed by atoms with Crippen LogP contribution in [0.15, 0.2) is 0 Å². The van der Waals surface area contributed by atoms with Gasteiger partial charge in [-0.3, -0.25) is 0 Å². The molecule has 0 aromatic carbocycles. The Hall–Kier alpha value is -0.0800. The van der Waals surface area contributed by atoms with Crippen molar-refractivity contribution in [3.8, 4) is 0 Å². The fraction of sp³-hybridized carbons (Fsp3) is 1.00. The van der Waals surface area contributed by atoms with Crippen molar-refractivity contribution in [2.24, 2.45) is 17.3 Å². The molecule has 3 unspecified atom stereocenters. The van der Waals surface area contributed by atoms with E-state index < -0.39 is 0 Å². The summed E-state index contributed by atoms with van der Waals surface area (Å²) in [7, 11) is 0. The molecule has 2 bridgehead atoms. The van der Waals surface area contributed by atoms with Crippen LogP contribution in [-0.2, 0) is 0 Å². The lowest BCUT2D eigenvalue weighted by molar-refractivity contribution is 0.217. The first-order valence-electron chi connectivity index (χ1n) is 8.64. The van der Waals surface area contributed by atoms with Crippen LogP contribution in [0.2, 0.25) is 0 Å². The molecule has 0 radical (unpaired) electrons. The van der Waals surface area contributed by atoms with Gasteiger partial charge in [0.1, 0.15) is 0 Å². The predicted molar refractivity (Wildman–Crippen MR) is 81.3 cm³/mol. The number of hydrogen-bond acceptors (Lipinski definition) is 2. The average molecular weight is 264 g/mol. The third-order valence-electron chi connectivity index (χ3n) is 5.84. The number of rotatable bonds is 6. The molecule has 2 N–H and O–H groups in total. The van der Waals surface area contributed by atoms with Crippen molar-refractivity contribution in [2.45, 2.75) is 77.3 Å². The summed E-state index contributed by atoms with van der Waals surface area (Å²) in [5, 5.41) is 7.62. The molecule has 3 aliphatic rings. The van der Waals surface area contributed by atoms with E-state index in [-0.39, 0.29) is 0 Å². The van der Waals surface area contributed by atoms with Crippen molar-refractivity contribution >= 4 is 0 Å². The summed E-state index contributed by atoms with van der Waals surface area (Å²) in [5.74, 6) is 1.76. The van der Waals surface area contributed by atoms with E-state index in [1.54, 1.807) is 0 Å². The molecule has 2 nitrogen and oxygen atoms in total. The Morgan fingerprint density at radius 3 is 2.58 bits per heavy atom. The maximum atomic E-state index is 3.86. The van der Waals surface area contributed by atoms with E-state index in [4.69, 9.17) is 0 Å². The van der Waals surface area contributed by atoms with Crippen LogP contribution in [0.25, 0.3) is 0 Å². The lowest BCUT2D eigenvalue weighted by atomic mass is 9.78. The Morgan fingerprint density at radius 2 is 2.00 bits per heavy atom. The minimum absolute atomic E-state index is 0.638. The van der Waals surface area contributed by atoms with E-state index in [0.717, 1.165) is 23.9 Å². The summed E-state index contributed by atoms with van der Waals surface area (Å²) in [5.41, 5.74) is 0.638. The lowest BCUT2D eigenvalue weighted by Gasteiger charge is -2.32. The monoisotopic (exact) mass is 264 g/mol. The van der Waals surface area contributed by atoms with Crippen molar-refractivity contribution in [1.29, 1.82) is 0 Å². The van der Waals surface area contributed by atoms with Gasteiger partial charge >= 0.3 is 0 Å². The quantitative estimate of drug-likeness (QED) is 0.769. The van der Waals surface area contributed by atoms with Gasteiger partial charge < -0.3 is 10.6 Å². The van der Waals surface area contributed by atoms with Gasteiger partial charge in [0.2, 0.25) is 0 Å². The van der Waals surface area contributed by atoms with Crippen molar-refractivity contribution in [3.63, 3.8) is 0 Å². The largest absolute Gasteiger partial charge is 0.316 e. The summed E-state index contributed by atoms with van der Waals surface area (Å²) in [6, 6.07) is 1.69. The third-order valence-corrected chi connectivity index (χ3v) is 5.84. The highest BCUT2D eigenvalue weighted by Gasteiger charge is 2.39. The van der Waals surface area contributed by atoms with E-state index in [2.05, 4.69) is 24.5 Å². The molecule has 2 heterocycles. The van der Waals surface area contributed by atoms with Gasteiger partial charge in [0.05, 0.1) is 0 Å². The number of nitrogens with one attached hydrogen (secondary N) is 2. The second-order valence-electron chi connectivity index (χ2n) is 7.98. The fourth-order valence-corrected chi connectivity index (χ4v) is 5.13. The minimum Gasteiger partial charge on any atom is -0.316 e. The Balaban J connectivity index is 1.45. The average Bonchev–Trinajstić information content (AvgIpc) is 3.04. The summed E-state index contributed by atoms with van der Waals surface area (Å²) >= 11 is 0. The van der Waals surface area contributed by atoms with E-state index >= 15 is 0 Å². The van der Waals surface area contributed by atoms with Crippen molar-refractivity contribution in [1.82, 2.24) is 10.6 Å². The van der Waals surface area contributed by atoms with Crippen LogP contribution in [0.4, 0.5) is 0 Å². The van der Waals surface area contributed by atoms with Gasteiger partial charge in [0.25, 0.3) is 0 Å². The van der Waals surface area contributed by atoms with Crippen LogP contribution in [0, 0.1) is 17.3 Å². The van der Waals surface area contributed by atoms with Crippen LogP contribution in [-0.4, -0.2) is 25.2 Å². The normalized spacial score (nSPS) is 36.5. The Labute approximate surface area is 119 Å². The van der Waals surface area contributed by atoms with Crippen molar-refractivity contribution < 1.29 is 0 Å². The number of hydrogen-bond donors (Lipinski definition) is 2. The highest BCUT2D eigenvalue weighted by atomic mass is 15.0. The molecule has 3 fully saturated rings. The zero-order valence-electron chi connectivity index (χ0n) is 12.9. The molecule has 0 aromatic rings. The summed E-state index contributed by atoms with van der Waals surface area (Å²) in [6.07, 6.45) is 11.6. The molecular formula is C17H32N2. The van der Waals surface area contributed by atoms with E-state index in [9.17, 15) is 0 Å². The molecule has 19 heavy (non-hydrogen) atoms. The summed E-state index contributed by atoms with van der Waals surface area (Å²) < 4.78 is 0. The standard InChI is InChI=1S/C17H32N2/c1-13(2)10-17(7-3-4-8-17)12-18-11-14-9-15-5-6-16(14)19-15/h13-16,18-19H,3-12H2,1-2H3. The maximum Gasteiger partial charge on any atom is 0.0111 e. The minimum atomic E-state index is 0.638. The molecule has 1 saturated carbocycles. The molecule has 0 spiro atoms. The molecule has 0 amide bonds. The van der Waals surface area contributed by atoms with Crippen LogP contribution >= 0.6 is 0 Å². The third kappa shape index (κ3) is 3.16. The van der Waals surface area contributed by atoms with E-state index in [1.807, 2.05) is 0 Å². The second-order valence-corrected chi connectivity index (χ2v) is 7.98. The molecule has 3 rings (SSSR count). The first kappa shape index (κ1) is 13.9. The van der Waals surface area contributed by atoms with Crippen LogP contribution in [0.5, 0.6) is 0 Å². The predicted octanol–water partition coefficient (Wildman–Crippen LogP) is 3.32. The van der Waals surface area contributed by atoms with Gasteiger partial charge in [-0.05, 0) is 62.3 Å². The molecule has 2 heteroatoms. The maximum absolute atomic E-state index is 3.86. The summed E-state index contributed by atoms with van der Waals surface area (Å²) in [6.45, 7) is 7.31. The Morgan fingerprint density at radius 1 is 1.21 bits per heavy atom. The van der Waals surface area contributed by atoms with Crippen molar-refractivity contribution in [2.75, 3.05) is 13.1 Å². The highest BCUT2D eigenvalue weighted by Crippen LogP contribution is 2.42. The zero-order valence-corrected chi connectivity index (χ0v) is 12.9. The Bertz CT molecular complexity index is 294. The SMILES string of the molecule is CC(C)CC1(CNCC2CC3CCC2N3)CCCC1. The zero-order chi connectivity index (χ0) is 13.3. The van der Waals surface area contributed by atoms with Gasteiger partial charge in [0.15, 0.2) is 0 Å². The van der Waals surface area contributed by atoms with Gasteiger partial charge in [-0.1, -0.05) is 26.7 Å². The smallest absolute Gasteiger partial charge is 0.0111 e. The highest BCUT2D eigenvalue weighted by molar-refractivity contribution is 4.98. The first-order chi connectivity index (χ1) is 9.17. The van der Waals surface area contributed by atoms with Crippen molar-refractivity contribution in [3.05, 3.63) is 0 Å². The van der Waals surface area contributed by atoms with Crippen LogP contribution in [0.1, 0.15) is 65.2 Å². The van der Waals surface area contributed by atoms with Crippen LogP contribution < -0.4 is 10.6 Å². The molecule has 2 aliphatic heterocycles. The number of fused-ring (bicyclic) bond motifs is 2. The van der Waals surface area contributed by atoms with E-state index in [1.165, 1.54) is 64.5 Å². The fourth-order valence-electron chi connectivity index (χ4n) is 5.13.